The van der Waals surface area contributed by atoms with E-state index in [2.05, 4.69) is 0 Å². The van der Waals surface area contributed by atoms with Crippen LogP contribution in [-0.4, -0.2) is 19.7 Å². The Morgan fingerprint density at radius 2 is 2.21 bits per heavy atom. The van der Waals surface area contributed by atoms with E-state index >= 15 is 0 Å². The fourth-order valence-corrected chi connectivity index (χ4v) is 2.91. The number of hydrogen-bond acceptors (Lipinski definition) is 4. The van der Waals surface area contributed by atoms with Crippen LogP contribution >= 0.6 is 11.3 Å². The summed E-state index contributed by atoms with van der Waals surface area (Å²) in [7, 11) is 1.39. The summed E-state index contributed by atoms with van der Waals surface area (Å²) < 4.78 is 11.5. The first-order valence-corrected chi connectivity index (χ1v) is 6.98. The van der Waals surface area contributed by atoms with Gasteiger partial charge in [-0.2, -0.15) is 0 Å². The lowest BCUT2D eigenvalue weighted by Crippen LogP contribution is -2.03. The predicted octanol–water partition coefficient (Wildman–Crippen LogP) is 3.88. The monoisotopic (exact) mass is 276 g/mol. The van der Waals surface area contributed by atoms with Crippen LogP contribution in [0.25, 0.3) is 15.7 Å². The van der Waals surface area contributed by atoms with Crippen LogP contribution < -0.4 is 4.74 Å². The minimum absolute atomic E-state index is 0.316. The summed E-state index contributed by atoms with van der Waals surface area (Å²) >= 11 is 1.61. The molecule has 0 radical (unpaired) electrons. The Balaban J connectivity index is 2.54. The van der Waals surface area contributed by atoms with E-state index in [9.17, 15) is 4.79 Å². The highest BCUT2D eigenvalue weighted by atomic mass is 32.1. The summed E-state index contributed by atoms with van der Waals surface area (Å²) in [5.74, 6) is 0.499. The van der Waals surface area contributed by atoms with E-state index in [1.54, 1.807) is 17.4 Å². The second-order valence-corrected chi connectivity index (χ2v) is 4.85. The molecule has 4 heteroatoms. The Labute approximate surface area is 116 Å². The van der Waals surface area contributed by atoms with Crippen molar-refractivity contribution in [1.29, 1.82) is 0 Å². The number of benzene rings is 1. The molecule has 3 nitrogen and oxygen atoms in total. The van der Waals surface area contributed by atoms with Gasteiger partial charge in [0.1, 0.15) is 5.75 Å². The molecule has 2 aromatic rings. The van der Waals surface area contributed by atoms with Gasteiger partial charge in [-0.1, -0.05) is 6.08 Å². The predicted molar refractivity (Wildman–Crippen MR) is 78.7 cm³/mol. The smallest absolute Gasteiger partial charge is 0.338 e. The highest BCUT2D eigenvalue weighted by Crippen LogP contribution is 2.34. The van der Waals surface area contributed by atoms with Crippen LogP contribution in [-0.2, 0) is 9.53 Å². The number of methoxy groups -OCH3 is 1. The normalized spacial score (nSPS) is 11.6. The van der Waals surface area contributed by atoms with Gasteiger partial charge in [-0.05, 0) is 32.0 Å². The summed E-state index contributed by atoms with van der Waals surface area (Å²) in [6, 6.07) is 5.93. The third kappa shape index (κ3) is 2.63. The van der Waals surface area contributed by atoms with E-state index in [0.717, 1.165) is 21.4 Å². The van der Waals surface area contributed by atoms with E-state index in [1.165, 1.54) is 7.11 Å². The van der Waals surface area contributed by atoms with Gasteiger partial charge in [-0.25, -0.2) is 4.79 Å². The number of thiophene rings is 1. The number of ether oxygens (including phenoxy) is 2. The van der Waals surface area contributed by atoms with Gasteiger partial charge in [0.2, 0.25) is 0 Å². The summed E-state index contributed by atoms with van der Waals surface area (Å²) in [5.41, 5.74) is 1.48. The second kappa shape index (κ2) is 5.89. The molecule has 0 aliphatic heterocycles. The SMILES string of the molecule is CC=C(C(=O)OC)c1csc2ccc(OCC)cc12. The van der Waals surface area contributed by atoms with Crippen LogP contribution in [0, 0.1) is 0 Å². The molecule has 0 fully saturated rings. The van der Waals surface area contributed by atoms with Crippen molar-refractivity contribution < 1.29 is 14.3 Å². The van der Waals surface area contributed by atoms with Gasteiger partial charge in [0.05, 0.1) is 19.3 Å². The summed E-state index contributed by atoms with van der Waals surface area (Å²) in [6.45, 7) is 4.41. The first kappa shape index (κ1) is 13.6. The van der Waals surface area contributed by atoms with Gasteiger partial charge in [-0.15, -0.1) is 11.3 Å². The lowest BCUT2D eigenvalue weighted by atomic mass is 10.0. The average Bonchev–Trinajstić information content (AvgIpc) is 2.83. The maximum atomic E-state index is 11.8. The molecule has 0 aliphatic rings. The number of hydrogen-bond donors (Lipinski definition) is 0. The molecular weight excluding hydrogens is 260 g/mol. The van der Waals surface area contributed by atoms with E-state index in [1.807, 2.05) is 37.4 Å². The van der Waals surface area contributed by atoms with E-state index < -0.39 is 0 Å². The van der Waals surface area contributed by atoms with Crippen molar-refractivity contribution in [3.05, 3.63) is 35.2 Å². The highest BCUT2D eigenvalue weighted by molar-refractivity contribution is 7.17. The van der Waals surface area contributed by atoms with Gasteiger partial charge in [0.15, 0.2) is 0 Å². The topological polar surface area (TPSA) is 35.5 Å². The fraction of sp³-hybridized carbons (Fsp3) is 0.267. The van der Waals surface area contributed by atoms with Crippen molar-refractivity contribution in [3.8, 4) is 5.75 Å². The van der Waals surface area contributed by atoms with E-state index in [-0.39, 0.29) is 5.97 Å². The van der Waals surface area contributed by atoms with Crippen molar-refractivity contribution >= 4 is 33.0 Å². The Hall–Kier alpha value is -1.81. The zero-order valence-corrected chi connectivity index (χ0v) is 12.0. The maximum absolute atomic E-state index is 11.8. The molecule has 0 N–H and O–H groups in total. The Kier molecular flexibility index (Phi) is 4.22. The van der Waals surface area contributed by atoms with Crippen molar-refractivity contribution in [2.45, 2.75) is 13.8 Å². The molecule has 0 atom stereocenters. The fourth-order valence-electron chi connectivity index (χ4n) is 1.97. The van der Waals surface area contributed by atoms with Crippen LogP contribution in [0.3, 0.4) is 0 Å². The highest BCUT2D eigenvalue weighted by Gasteiger charge is 2.16. The molecule has 19 heavy (non-hydrogen) atoms. The minimum atomic E-state index is -0.316. The zero-order valence-electron chi connectivity index (χ0n) is 11.2. The Bertz CT molecular complexity index is 625. The van der Waals surface area contributed by atoms with Crippen molar-refractivity contribution in [2.24, 2.45) is 0 Å². The quantitative estimate of drug-likeness (QED) is 0.628. The molecule has 100 valence electrons. The summed E-state index contributed by atoms with van der Waals surface area (Å²) in [5, 5.41) is 3.00. The van der Waals surface area contributed by atoms with Crippen LogP contribution in [0.15, 0.2) is 29.7 Å². The second-order valence-electron chi connectivity index (χ2n) is 3.93. The van der Waals surface area contributed by atoms with E-state index in [4.69, 9.17) is 9.47 Å². The van der Waals surface area contributed by atoms with Gasteiger partial charge in [0.25, 0.3) is 0 Å². The van der Waals surface area contributed by atoms with Crippen molar-refractivity contribution in [1.82, 2.24) is 0 Å². The van der Waals surface area contributed by atoms with Crippen molar-refractivity contribution in [3.63, 3.8) is 0 Å². The first-order chi connectivity index (χ1) is 9.21. The van der Waals surface area contributed by atoms with Crippen LogP contribution in [0.1, 0.15) is 19.4 Å². The number of esters is 1. The number of carbonyl (C=O) groups excluding carboxylic acids is 1. The third-order valence-electron chi connectivity index (χ3n) is 2.84. The number of rotatable bonds is 4. The Morgan fingerprint density at radius 1 is 1.42 bits per heavy atom. The van der Waals surface area contributed by atoms with Crippen LogP contribution in [0.4, 0.5) is 0 Å². The number of carbonyl (C=O) groups is 1. The minimum Gasteiger partial charge on any atom is -0.494 e. The van der Waals surface area contributed by atoms with Crippen LogP contribution in [0.5, 0.6) is 5.75 Å². The molecule has 0 aliphatic carbocycles. The number of allylic oxidation sites excluding steroid dienone is 1. The molecule has 1 aromatic heterocycles. The zero-order chi connectivity index (χ0) is 13.8. The largest absolute Gasteiger partial charge is 0.494 e. The molecule has 0 unspecified atom stereocenters. The van der Waals surface area contributed by atoms with Gasteiger partial charge in [-0.3, -0.25) is 0 Å². The molecule has 0 bridgehead atoms. The number of fused-ring (bicyclic) bond motifs is 1. The standard InChI is InChI=1S/C15H16O3S/c1-4-11(15(16)17-3)13-9-19-14-7-6-10(18-5-2)8-12(13)14/h4,6-9H,5H2,1-3H3. The molecule has 1 aromatic carbocycles. The molecule has 1 heterocycles. The molecule has 0 spiro atoms. The molecule has 2 rings (SSSR count). The maximum Gasteiger partial charge on any atom is 0.338 e. The molecular formula is C15H16O3S. The lowest BCUT2D eigenvalue weighted by Gasteiger charge is -2.06. The van der Waals surface area contributed by atoms with Crippen molar-refractivity contribution in [2.75, 3.05) is 13.7 Å². The van der Waals surface area contributed by atoms with E-state index in [0.29, 0.717) is 12.2 Å². The summed E-state index contributed by atoms with van der Waals surface area (Å²) in [4.78, 5) is 11.8. The first-order valence-electron chi connectivity index (χ1n) is 6.10. The lowest BCUT2D eigenvalue weighted by molar-refractivity contribution is -0.133. The molecule has 0 amide bonds. The Morgan fingerprint density at radius 3 is 2.84 bits per heavy atom. The van der Waals surface area contributed by atoms with Gasteiger partial charge >= 0.3 is 5.97 Å². The summed E-state index contributed by atoms with van der Waals surface area (Å²) in [6.07, 6.45) is 1.78. The molecule has 0 saturated heterocycles. The van der Waals surface area contributed by atoms with Crippen LogP contribution in [0.2, 0.25) is 0 Å². The third-order valence-corrected chi connectivity index (χ3v) is 3.80. The van der Waals surface area contributed by atoms with Gasteiger partial charge < -0.3 is 9.47 Å². The van der Waals surface area contributed by atoms with Gasteiger partial charge in [0, 0.05) is 21.0 Å². The molecule has 0 saturated carbocycles. The average molecular weight is 276 g/mol.